The number of fused-ring (bicyclic) bond motifs is 1. The third kappa shape index (κ3) is 2.63. The van der Waals surface area contributed by atoms with E-state index in [-0.39, 0.29) is 21.5 Å². The molecule has 0 spiro atoms. The third-order valence-electron chi connectivity index (χ3n) is 3.73. The summed E-state index contributed by atoms with van der Waals surface area (Å²) < 4.78 is 1.71. The van der Waals surface area contributed by atoms with Crippen molar-refractivity contribution in [3.05, 3.63) is 57.2 Å². The molecule has 8 nitrogen and oxygen atoms in total. The molecular weight excluding hydrogens is 330 g/mol. The van der Waals surface area contributed by atoms with Crippen LogP contribution in [0.25, 0.3) is 11.0 Å². The Morgan fingerprint density at radius 1 is 1.33 bits per heavy atom. The van der Waals surface area contributed by atoms with Crippen LogP contribution in [0.5, 0.6) is 0 Å². The minimum atomic E-state index is -0.796. The normalized spacial score (nSPS) is 12.2. The lowest BCUT2D eigenvalue weighted by molar-refractivity contribution is -0.171. The van der Waals surface area contributed by atoms with Crippen LogP contribution < -0.4 is 5.56 Å². The molecule has 24 heavy (non-hydrogen) atoms. The van der Waals surface area contributed by atoms with Crippen LogP contribution in [-0.4, -0.2) is 44.9 Å². The van der Waals surface area contributed by atoms with Crippen molar-refractivity contribution in [2.45, 2.75) is 6.04 Å². The molecule has 0 aliphatic heterocycles. The smallest absolute Gasteiger partial charge is 0.276 e. The summed E-state index contributed by atoms with van der Waals surface area (Å²) in [7, 11) is 2.91. The van der Waals surface area contributed by atoms with Gasteiger partial charge in [0.15, 0.2) is 5.65 Å². The Hall–Kier alpha value is -2.78. The van der Waals surface area contributed by atoms with Gasteiger partial charge in [0, 0.05) is 7.05 Å². The van der Waals surface area contributed by atoms with Crippen molar-refractivity contribution in [3.63, 3.8) is 0 Å². The van der Waals surface area contributed by atoms with Crippen molar-refractivity contribution in [1.82, 2.24) is 24.8 Å². The number of nitrogens with one attached hydrogen (secondary N) is 2. The van der Waals surface area contributed by atoms with E-state index in [0.717, 1.165) is 5.06 Å². The van der Waals surface area contributed by atoms with Gasteiger partial charge in [0.05, 0.1) is 13.4 Å². The summed E-state index contributed by atoms with van der Waals surface area (Å²) in [5.41, 5.74) is 0.674. The maximum Gasteiger partial charge on any atom is 0.276 e. The minimum Gasteiger partial charge on any atom is -0.306 e. The molecule has 0 saturated heterocycles. The van der Waals surface area contributed by atoms with Crippen LogP contribution in [0, 0.1) is 4.64 Å². The zero-order valence-corrected chi connectivity index (χ0v) is 13.8. The average molecular weight is 345 g/mol. The van der Waals surface area contributed by atoms with Crippen molar-refractivity contribution < 1.29 is 9.63 Å². The van der Waals surface area contributed by atoms with E-state index in [0.29, 0.717) is 11.2 Å². The second kappa shape index (κ2) is 6.38. The first-order valence-corrected chi connectivity index (χ1v) is 7.49. The highest BCUT2D eigenvalue weighted by Gasteiger charge is 2.27. The summed E-state index contributed by atoms with van der Waals surface area (Å²) >= 11 is 5.42. The Morgan fingerprint density at radius 2 is 2.04 bits per heavy atom. The van der Waals surface area contributed by atoms with Gasteiger partial charge in [0.25, 0.3) is 11.5 Å². The second-order valence-corrected chi connectivity index (χ2v) is 5.48. The molecule has 0 aliphatic rings. The van der Waals surface area contributed by atoms with Gasteiger partial charge in [-0.25, -0.2) is 10.0 Å². The molecule has 1 aromatic carbocycles. The second-order valence-electron chi connectivity index (χ2n) is 5.09. The van der Waals surface area contributed by atoms with Crippen molar-refractivity contribution in [2.75, 3.05) is 14.2 Å². The summed E-state index contributed by atoms with van der Waals surface area (Å²) in [6, 6.07) is 8.30. The predicted molar refractivity (Wildman–Crippen MR) is 89.9 cm³/mol. The standard InChI is InChI=1S/C15H15N5O3S/c1-19(23-2)14(22)11(9-6-4-3-5-7-9)20-8-16-12-10(15(20)24)13(21)18-17-12/h3-8,11H,1-2H3,(H2,17,18,21). The summed E-state index contributed by atoms with van der Waals surface area (Å²) in [6.45, 7) is 0. The molecule has 1 amide bonds. The van der Waals surface area contributed by atoms with Crippen LogP contribution in [0.2, 0.25) is 0 Å². The molecule has 1 atom stereocenters. The number of hydroxylamine groups is 2. The van der Waals surface area contributed by atoms with Gasteiger partial charge in [-0.2, -0.15) is 0 Å². The van der Waals surface area contributed by atoms with Crippen molar-refractivity contribution in [3.8, 4) is 0 Å². The number of likely N-dealkylation sites (N-methyl/N-ethyl adjacent to an activating group) is 1. The number of carbonyl (C=O) groups excluding carboxylic acids is 1. The maximum absolute atomic E-state index is 12.8. The largest absolute Gasteiger partial charge is 0.306 e. The topological polar surface area (TPSA) is 96.0 Å². The fourth-order valence-electron chi connectivity index (χ4n) is 2.45. The first-order chi connectivity index (χ1) is 11.5. The van der Waals surface area contributed by atoms with Gasteiger partial charge in [-0.05, 0) is 5.56 Å². The van der Waals surface area contributed by atoms with Crippen molar-refractivity contribution in [2.24, 2.45) is 0 Å². The number of benzene rings is 1. The Bertz CT molecular complexity index is 992. The van der Waals surface area contributed by atoms with Crippen LogP contribution in [0.1, 0.15) is 11.6 Å². The number of rotatable bonds is 4. The van der Waals surface area contributed by atoms with Crippen LogP contribution >= 0.6 is 12.2 Å². The molecule has 2 N–H and O–H groups in total. The maximum atomic E-state index is 12.8. The zero-order valence-electron chi connectivity index (χ0n) is 13.0. The van der Waals surface area contributed by atoms with Gasteiger partial charge in [-0.15, -0.1) is 0 Å². The molecule has 0 bridgehead atoms. The van der Waals surface area contributed by atoms with E-state index in [1.165, 1.54) is 25.1 Å². The van der Waals surface area contributed by atoms with E-state index >= 15 is 0 Å². The molecule has 1 unspecified atom stereocenters. The van der Waals surface area contributed by atoms with E-state index in [2.05, 4.69) is 15.2 Å². The number of nitrogens with zero attached hydrogens (tertiary/aromatic N) is 3. The Kier molecular flexibility index (Phi) is 4.28. The molecule has 124 valence electrons. The number of aromatic nitrogens is 4. The van der Waals surface area contributed by atoms with Gasteiger partial charge in [0.1, 0.15) is 16.1 Å². The molecule has 2 aromatic heterocycles. The Labute approximate surface area is 141 Å². The number of hydrogen-bond acceptors (Lipinski definition) is 5. The molecule has 3 rings (SSSR count). The first-order valence-electron chi connectivity index (χ1n) is 7.08. The molecular formula is C15H15N5O3S. The Morgan fingerprint density at radius 3 is 2.71 bits per heavy atom. The molecule has 0 saturated carbocycles. The van der Waals surface area contributed by atoms with E-state index in [4.69, 9.17) is 17.1 Å². The minimum absolute atomic E-state index is 0.217. The number of carbonyl (C=O) groups is 1. The zero-order chi connectivity index (χ0) is 17.3. The molecule has 0 fully saturated rings. The predicted octanol–water partition coefficient (Wildman–Crippen LogP) is 1.39. The SMILES string of the molecule is CON(C)C(=O)C(c1ccccc1)n1cnc2[nH][nH]c(=O)c2c1=S. The lowest BCUT2D eigenvalue weighted by Crippen LogP contribution is -2.35. The number of amides is 1. The van der Waals surface area contributed by atoms with E-state index in [9.17, 15) is 9.59 Å². The van der Waals surface area contributed by atoms with Gasteiger partial charge in [-0.1, -0.05) is 42.5 Å². The first kappa shape index (κ1) is 16.1. The highest BCUT2D eigenvalue weighted by molar-refractivity contribution is 7.71. The molecule has 0 radical (unpaired) electrons. The monoisotopic (exact) mass is 345 g/mol. The van der Waals surface area contributed by atoms with E-state index < -0.39 is 6.04 Å². The van der Waals surface area contributed by atoms with Crippen LogP contribution in [0.4, 0.5) is 0 Å². The van der Waals surface area contributed by atoms with Gasteiger partial charge < -0.3 is 4.57 Å². The van der Waals surface area contributed by atoms with Gasteiger partial charge in [-0.3, -0.25) is 24.6 Å². The average Bonchev–Trinajstić information content (AvgIpc) is 2.99. The molecule has 3 aromatic rings. The van der Waals surface area contributed by atoms with Gasteiger partial charge >= 0.3 is 0 Å². The molecule has 0 aliphatic carbocycles. The van der Waals surface area contributed by atoms with Crippen LogP contribution in [0.3, 0.4) is 0 Å². The highest BCUT2D eigenvalue weighted by atomic mass is 32.1. The fourth-order valence-corrected chi connectivity index (χ4v) is 2.79. The quantitative estimate of drug-likeness (QED) is 0.550. The summed E-state index contributed by atoms with van der Waals surface area (Å²) in [4.78, 5) is 33.9. The summed E-state index contributed by atoms with van der Waals surface area (Å²) in [5.74, 6) is -0.340. The highest BCUT2D eigenvalue weighted by Crippen LogP contribution is 2.22. The van der Waals surface area contributed by atoms with Crippen LogP contribution in [-0.2, 0) is 9.63 Å². The molecule has 2 heterocycles. The number of aromatic amines is 2. The number of H-pyrrole nitrogens is 2. The van der Waals surface area contributed by atoms with Crippen molar-refractivity contribution >= 4 is 29.2 Å². The lowest BCUT2D eigenvalue weighted by Gasteiger charge is -2.24. The fraction of sp³-hybridized carbons (Fsp3) is 0.200. The lowest BCUT2D eigenvalue weighted by atomic mass is 10.1. The van der Waals surface area contributed by atoms with Gasteiger partial charge in [0.2, 0.25) is 0 Å². The summed E-state index contributed by atoms with van der Waals surface area (Å²) in [5, 5.41) is 6.45. The Balaban J connectivity index is 2.25. The third-order valence-corrected chi connectivity index (χ3v) is 4.14. The molecule has 9 heteroatoms. The van der Waals surface area contributed by atoms with E-state index in [1.54, 1.807) is 12.1 Å². The van der Waals surface area contributed by atoms with E-state index in [1.807, 2.05) is 18.2 Å². The summed E-state index contributed by atoms with van der Waals surface area (Å²) in [6.07, 6.45) is 1.44. The number of hydrogen-bond donors (Lipinski definition) is 2. The van der Waals surface area contributed by atoms with Crippen molar-refractivity contribution in [1.29, 1.82) is 0 Å². The van der Waals surface area contributed by atoms with Crippen LogP contribution in [0.15, 0.2) is 41.5 Å².